The maximum atomic E-state index is 13.4. The third-order valence-corrected chi connectivity index (χ3v) is 6.85. The molecule has 5 atom stereocenters. The first-order valence-corrected chi connectivity index (χ1v) is 13.1. The predicted molar refractivity (Wildman–Crippen MR) is 147 cm³/mol. The van der Waals surface area contributed by atoms with Gasteiger partial charge in [-0.1, -0.05) is 38.5 Å². The van der Waals surface area contributed by atoms with Crippen molar-refractivity contribution in [2.24, 2.45) is 11.7 Å². The number of nitrogens with two attached hydrogens (primary N) is 1. The van der Waals surface area contributed by atoms with Crippen molar-refractivity contribution in [3.63, 3.8) is 0 Å². The molecule has 5 unspecified atom stereocenters. The third-order valence-electron chi connectivity index (χ3n) is 6.85. The third kappa shape index (κ3) is 8.38. The van der Waals surface area contributed by atoms with Crippen LogP contribution in [0.4, 0.5) is 0 Å². The first-order chi connectivity index (χ1) is 19.5. The van der Waals surface area contributed by atoms with Crippen molar-refractivity contribution in [3.8, 4) is 0 Å². The Labute approximate surface area is 235 Å². The van der Waals surface area contributed by atoms with E-state index in [0.29, 0.717) is 17.7 Å². The van der Waals surface area contributed by atoms with Crippen LogP contribution in [-0.4, -0.2) is 79.0 Å². The number of aromatic amines is 2. The summed E-state index contributed by atoms with van der Waals surface area (Å²) >= 11 is 0. The molecule has 2 aromatic heterocycles. The molecule has 0 aliphatic carbocycles. The van der Waals surface area contributed by atoms with Gasteiger partial charge in [0, 0.05) is 41.8 Å². The number of hydrogen-bond acceptors (Lipinski definition) is 7. The Bertz CT molecular complexity index is 1370. The predicted octanol–water partition coefficient (Wildman–Crippen LogP) is 0.0633. The average Bonchev–Trinajstić information content (AvgIpc) is 3.60. The summed E-state index contributed by atoms with van der Waals surface area (Å²) in [6, 6.07) is 2.11. The molecule has 0 radical (unpaired) electrons. The van der Waals surface area contributed by atoms with E-state index in [9.17, 15) is 34.2 Å². The lowest BCUT2D eigenvalue weighted by molar-refractivity contribution is -0.144. The number of carbonyl (C=O) groups excluding carboxylic acids is 3. The minimum atomic E-state index is -1.56. The SMILES string of the molecule is CCC(C)C(NC(=O)C(Cc1c[nH]c2ccccc12)NC(=O)C(CC(=O)O)NC(=O)C(N)Cc1cnc[nH]1)C(=O)O. The summed E-state index contributed by atoms with van der Waals surface area (Å²) in [6.07, 6.45) is 4.28. The summed E-state index contributed by atoms with van der Waals surface area (Å²) in [4.78, 5) is 72.6. The number of hydrogen-bond donors (Lipinski definition) is 8. The highest BCUT2D eigenvalue weighted by Crippen LogP contribution is 2.20. The summed E-state index contributed by atoms with van der Waals surface area (Å²) in [5, 5.41) is 27.3. The molecule has 0 bridgehead atoms. The number of nitrogens with one attached hydrogen (secondary N) is 5. The van der Waals surface area contributed by atoms with Gasteiger partial charge in [-0.15, -0.1) is 0 Å². The smallest absolute Gasteiger partial charge is 0.326 e. The number of amides is 3. The van der Waals surface area contributed by atoms with Crippen LogP contribution in [0, 0.1) is 5.92 Å². The second-order valence-electron chi connectivity index (χ2n) is 9.88. The molecule has 3 amide bonds. The number of nitrogens with zero attached hydrogens (tertiary/aromatic N) is 1. The molecule has 14 heteroatoms. The Morgan fingerprint density at radius 1 is 0.951 bits per heavy atom. The molecule has 0 aliphatic heterocycles. The number of carbonyl (C=O) groups is 5. The van der Waals surface area contributed by atoms with Crippen LogP contribution in [0.15, 0.2) is 43.0 Å². The molecule has 0 saturated carbocycles. The summed E-state index contributed by atoms with van der Waals surface area (Å²) in [7, 11) is 0. The maximum absolute atomic E-state index is 13.4. The number of carboxylic acids is 2. The maximum Gasteiger partial charge on any atom is 0.326 e. The standard InChI is InChI=1S/C27H35N7O7/c1-3-14(2)23(27(40)41)34-26(39)20(8-15-11-30-19-7-5-4-6-17(15)19)33-25(38)21(10-22(35)36)32-24(37)18(28)9-16-12-29-13-31-16/h4-7,11-14,18,20-21,23,30H,3,8-10,28H2,1-2H3,(H,29,31)(H,32,37)(H,33,38)(H,34,39)(H,35,36)(H,40,41). The molecular formula is C27H35N7O7. The largest absolute Gasteiger partial charge is 0.481 e. The van der Waals surface area contributed by atoms with E-state index in [-0.39, 0.29) is 12.8 Å². The van der Waals surface area contributed by atoms with Crippen molar-refractivity contribution in [2.75, 3.05) is 0 Å². The van der Waals surface area contributed by atoms with Crippen molar-refractivity contribution in [1.82, 2.24) is 30.9 Å². The first-order valence-electron chi connectivity index (χ1n) is 13.1. The number of rotatable bonds is 15. The van der Waals surface area contributed by atoms with Crippen LogP contribution >= 0.6 is 0 Å². The summed E-state index contributed by atoms with van der Waals surface area (Å²) in [5.41, 5.74) is 7.96. The van der Waals surface area contributed by atoms with E-state index < -0.39 is 66.2 Å². The number of imidazole rings is 1. The van der Waals surface area contributed by atoms with Crippen LogP contribution in [0.2, 0.25) is 0 Å². The number of carboxylic acid groups (broad SMARTS) is 2. The molecule has 41 heavy (non-hydrogen) atoms. The Kier molecular flexibility index (Phi) is 10.6. The molecule has 0 saturated heterocycles. The fraction of sp³-hybridized carbons (Fsp3) is 0.407. The number of aliphatic carboxylic acids is 2. The molecule has 0 fully saturated rings. The quantitative estimate of drug-likeness (QED) is 0.123. The minimum Gasteiger partial charge on any atom is -0.481 e. The first kappa shape index (κ1) is 30.8. The van der Waals surface area contributed by atoms with E-state index in [2.05, 4.69) is 30.9 Å². The monoisotopic (exact) mass is 569 g/mol. The van der Waals surface area contributed by atoms with E-state index in [1.165, 1.54) is 12.5 Å². The number of fused-ring (bicyclic) bond motifs is 1. The summed E-state index contributed by atoms with van der Waals surface area (Å²) < 4.78 is 0. The molecule has 9 N–H and O–H groups in total. The van der Waals surface area contributed by atoms with Gasteiger partial charge in [0.1, 0.15) is 18.1 Å². The molecular weight excluding hydrogens is 534 g/mol. The molecule has 3 aromatic rings. The van der Waals surface area contributed by atoms with E-state index in [1.54, 1.807) is 20.0 Å². The minimum absolute atomic E-state index is 0.0402. The number of benzene rings is 1. The lowest BCUT2D eigenvalue weighted by Gasteiger charge is -2.26. The van der Waals surface area contributed by atoms with Gasteiger partial charge in [-0.2, -0.15) is 0 Å². The van der Waals surface area contributed by atoms with Crippen molar-refractivity contribution in [1.29, 1.82) is 0 Å². The summed E-state index contributed by atoms with van der Waals surface area (Å²) in [5.74, 6) is -5.49. The van der Waals surface area contributed by atoms with Crippen LogP contribution in [0.1, 0.15) is 37.9 Å². The van der Waals surface area contributed by atoms with Gasteiger partial charge in [-0.3, -0.25) is 19.2 Å². The Balaban J connectivity index is 1.83. The van der Waals surface area contributed by atoms with Crippen molar-refractivity contribution in [3.05, 3.63) is 54.2 Å². The Hall–Kier alpha value is -4.72. The van der Waals surface area contributed by atoms with Gasteiger partial charge in [0.15, 0.2) is 0 Å². The van der Waals surface area contributed by atoms with E-state index in [0.717, 1.165) is 10.9 Å². The van der Waals surface area contributed by atoms with E-state index >= 15 is 0 Å². The molecule has 1 aromatic carbocycles. The van der Waals surface area contributed by atoms with E-state index in [1.807, 2.05) is 24.3 Å². The van der Waals surface area contributed by atoms with Gasteiger partial charge >= 0.3 is 11.9 Å². The number of aromatic nitrogens is 3. The average molecular weight is 570 g/mol. The zero-order valence-corrected chi connectivity index (χ0v) is 22.7. The lowest BCUT2D eigenvalue weighted by Crippen LogP contribution is -2.58. The molecule has 14 nitrogen and oxygen atoms in total. The normalized spacial score (nSPS) is 14.8. The van der Waals surface area contributed by atoms with Crippen molar-refractivity contribution in [2.45, 2.75) is 63.7 Å². The van der Waals surface area contributed by atoms with Gasteiger partial charge in [0.05, 0.1) is 18.8 Å². The van der Waals surface area contributed by atoms with Crippen LogP contribution in [-0.2, 0) is 36.8 Å². The molecule has 0 aliphatic rings. The Morgan fingerprint density at radius 3 is 2.27 bits per heavy atom. The number of H-pyrrole nitrogens is 2. The van der Waals surface area contributed by atoms with Crippen LogP contribution in [0.25, 0.3) is 10.9 Å². The van der Waals surface area contributed by atoms with Gasteiger partial charge in [-0.05, 0) is 17.5 Å². The zero-order valence-electron chi connectivity index (χ0n) is 22.7. The van der Waals surface area contributed by atoms with Gasteiger partial charge in [0.2, 0.25) is 17.7 Å². The zero-order chi connectivity index (χ0) is 30.1. The van der Waals surface area contributed by atoms with E-state index in [4.69, 9.17) is 5.73 Å². The highest BCUT2D eigenvalue weighted by atomic mass is 16.4. The lowest BCUT2D eigenvalue weighted by atomic mass is 9.98. The van der Waals surface area contributed by atoms with Gasteiger partial charge in [-0.25, -0.2) is 9.78 Å². The van der Waals surface area contributed by atoms with Crippen LogP contribution in [0.5, 0.6) is 0 Å². The fourth-order valence-electron chi connectivity index (χ4n) is 4.33. The second kappa shape index (κ2) is 14.1. The number of para-hydroxylation sites is 1. The van der Waals surface area contributed by atoms with Crippen molar-refractivity contribution < 1.29 is 34.2 Å². The van der Waals surface area contributed by atoms with Crippen molar-refractivity contribution >= 4 is 40.6 Å². The molecule has 2 heterocycles. The molecule has 0 spiro atoms. The van der Waals surface area contributed by atoms with Gasteiger partial charge in [0.25, 0.3) is 0 Å². The highest BCUT2D eigenvalue weighted by Gasteiger charge is 2.33. The molecule has 220 valence electrons. The Morgan fingerprint density at radius 2 is 1.63 bits per heavy atom. The van der Waals surface area contributed by atoms with Crippen LogP contribution in [0.3, 0.4) is 0 Å². The highest BCUT2D eigenvalue weighted by molar-refractivity contribution is 5.96. The fourth-order valence-corrected chi connectivity index (χ4v) is 4.33. The summed E-state index contributed by atoms with van der Waals surface area (Å²) in [6.45, 7) is 3.46. The second-order valence-corrected chi connectivity index (χ2v) is 9.88. The topological polar surface area (TPSA) is 232 Å². The van der Waals surface area contributed by atoms with Crippen LogP contribution < -0.4 is 21.7 Å². The van der Waals surface area contributed by atoms with Gasteiger partial charge < -0.3 is 41.9 Å². The molecule has 3 rings (SSSR count).